The number of carbonyl (C=O) groups is 2. The molecular weight excluding hydrogens is 571 g/mol. The van der Waals surface area contributed by atoms with Crippen molar-refractivity contribution in [3.05, 3.63) is 62.4 Å². The molecule has 0 bridgehead atoms. The van der Waals surface area contributed by atoms with Crippen molar-refractivity contribution in [1.29, 1.82) is 0 Å². The minimum atomic E-state index is -0.984. The highest BCUT2D eigenvalue weighted by atomic mass is 79.9. The molecule has 1 unspecified atom stereocenters. The first-order valence-electron chi connectivity index (χ1n) is 10.4. The lowest BCUT2D eigenvalue weighted by atomic mass is 9.80. The first-order chi connectivity index (χ1) is 15.8. The molecule has 1 fully saturated rings. The molecule has 12 heteroatoms. The summed E-state index contributed by atoms with van der Waals surface area (Å²) in [4.78, 5) is 32.6. The lowest BCUT2D eigenvalue weighted by molar-refractivity contribution is -0.139. The Hall–Kier alpha value is -2.07. The zero-order chi connectivity index (χ0) is 23.6. The first-order valence-corrected chi connectivity index (χ1v) is 12.0. The molecular formula is C22H22BrCl3N4O4. The van der Waals surface area contributed by atoms with Crippen LogP contribution in [-0.4, -0.2) is 38.6 Å². The highest BCUT2D eigenvalue weighted by Crippen LogP contribution is 2.48. The van der Waals surface area contributed by atoms with E-state index in [2.05, 4.69) is 36.5 Å². The standard InChI is InChI=1S/C22H21BrCl2N4O4.ClH/c23-19-18(22(33-19)6-2-1-3-7-22)29-16(21(31)32)8-12-4-5-13(9-27-12)28-20(30)17-14(24)10-26-11-15(17)25;/h4-5,9-11,16,29H,1-3,6-8H2,(H,28,30)(H,31,32);1H. The molecule has 3 N–H and O–H groups in total. The molecule has 4 rings (SSSR count). The van der Waals surface area contributed by atoms with Crippen LogP contribution in [0.1, 0.15) is 48.2 Å². The van der Waals surface area contributed by atoms with Crippen LogP contribution in [-0.2, 0) is 16.0 Å². The maximum absolute atomic E-state index is 12.5. The van der Waals surface area contributed by atoms with Crippen molar-refractivity contribution in [2.24, 2.45) is 0 Å². The summed E-state index contributed by atoms with van der Waals surface area (Å²) < 4.78 is 6.44. The fourth-order valence-electron chi connectivity index (χ4n) is 4.09. The lowest BCUT2D eigenvalue weighted by Gasteiger charge is -2.47. The van der Waals surface area contributed by atoms with Crippen LogP contribution in [0.4, 0.5) is 5.69 Å². The van der Waals surface area contributed by atoms with Crippen molar-refractivity contribution in [1.82, 2.24) is 15.3 Å². The molecule has 182 valence electrons. The van der Waals surface area contributed by atoms with Gasteiger partial charge in [0.25, 0.3) is 5.91 Å². The van der Waals surface area contributed by atoms with Crippen LogP contribution >= 0.6 is 51.5 Å². The highest BCUT2D eigenvalue weighted by molar-refractivity contribution is 9.11. The number of nitrogens with zero attached hydrogens (tertiary/aromatic N) is 2. The predicted octanol–water partition coefficient (Wildman–Crippen LogP) is 5.34. The fourth-order valence-corrected chi connectivity index (χ4v) is 5.42. The number of rotatable bonds is 7. The zero-order valence-corrected chi connectivity index (χ0v) is 21.7. The molecule has 2 aromatic heterocycles. The Morgan fingerprint density at radius 3 is 2.38 bits per heavy atom. The van der Waals surface area contributed by atoms with Gasteiger partial charge in [0.05, 0.1) is 27.5 Å². The number of nitrogens with one attached hydrogen (secondary N) is 2. The normalized spacial score (nSPS) is 17.1. The molecule has 0 aromatic carbocycles. The number of pyridine rings is 2. The van der Waals surface area contributed by atoms with Gasteiger partial charge >= 0.3 is 5.97 Å². The van der Waals surface area contributed by atoms with Gasteiger partial charge < -0.3 is 20.5 Å². The molecule has 1 aliphatic heterocycles. The molecule has 3 heterocycles. The Kier molecular flexibility index (Phi) is 8.67. The summed E-state index contributed by atoms with van der Waals surface area (Å²) >= 11 is 15.4. The number of amides is 1. The van der Waals surface area contributed by atoms with Gasteiger partial charge in [0.1, 0.15) is 11.7 Å². The average Bonchev–Trinajstić information content (AvgIpc) is 2.78. The van der Waals surface area contributed by atoms with Gasteiger partial charge in [-0.2, -0.15) is 0 Å². The quantitative estimate of drug-likeness (QED) is 0.398. The summed E-state index contributed by atoms with van der Waals surface area (Å²) in [5, 5.41) is 15.9. The van der Waals surface area contributed by atoms with Crippen LogP contribution in [0.15, 0.2) is 41.1 Å². The Morgan fingerprint density at radius 1 is 1.15 bits per heavy atom. The number of hydrogen-bond acceptors (Lipinski definition) is 6. The molecule has 1 saturated carbocycles. The van der Waals surface area contributed by atoms with Gasteiger partial charge in [-0.05, 0) is 53.7 Å². The topological polar surface area (TPSA) is 113 Å². The van der Waals surface area contributed by atoms with Crippen molar-refractivity contribution < 1.29 is 19.4 Å². The number of aliphatic carboxylic acids is 1. The Labute approximate surface area is 221 Å². The molecule has 0 saturated heterocycles. The van der Waals surface area contributed by atoms with Crippen LogP contribution in [0, 0.1) is 0 Å². The average molecular weight is 593 g/mol. The summed E-state index contributed by atoms with van der Waals surface area (Å²) in [6, 6.07) is 2.43. The third-order valence-electron chi connectivity index (χ3n) is 5.79. The Balaban J connectivity index is 0.00000324. The van der Waals surface area contributed by atoms with Crippen LogP contribution in [0.2, 0.25) is 10.0 Å². The summed E-state index contributed by atoms with van der Waals surface area (Å²) in [7, 11) is 0. The molecule has 0 radical (unpaired) electrons. The Morgan fingerprint density at radius 2 is 1.82 bits per heavy atom. The van der Waals surface area contributed by atoms with E-state index >= 15 is 0 Å². The van der Waals surface area contributed by atoms with E-state index in [0.717, 1.165) is 37.8 Å². The van der Waals surface area contributed by atoms with E-state index in [0.29, 0.717) is 16.0 Å². The molecule has 34 heavy (non-hydrogen) atoms. The summed E-state index contributed by atoms with van der Waals surface area (Å²) in [5.41, 5.74) is 1.49. The first kappa shape index (κ1) is 26.5. The molecule has 2 aliphatic rings. The second-order valence-corrected chi connectivity index (χ2v) is 9.55. The minimum absolute atomic E-state index is 0. The van der Waals surface area contributed by atoms with Crippen LogP contribution in [0.25, 0.3) is 0 Å². The monoisotopic (exact) mass is 590 g/mol. The second kappa shape index (κ2) is 11.1. The van der Waals surface area contributed by atoms with E-state index in [1.165, 1.54) is 18.6 Å². The zero-order valence-electron chi connectivity index (χ0n) is 17.8. The van der Waals surface area contributed by atoms with Gasteiger partial charge in [-0.15, -0.1) is 12.4 Å². The van der Waals surface area contributed by atoms with Gasteiger partial charge in [-0.1, -0.05) is 29.6 Å². The highest BCUT2D eigenvalue weighted by Gasteiger charge is 2.49. The van der Waals surface area contributed by atoms with E-state index in [1.807, 2.05) is 0 Å². The lowest BCUT2D eigenvalue weighted by Crippen LogP contribution is -2.53. The molecule has 1 atom stereocenters. The predicted molar refractivity (Wildman–Crippen MR) is 135 cm³/mol. The number of aromatic nitrogens is 2. The number of carbonyl (C=O) groups excluding carboxylic acids is 1. The van der Waals surface area contributed by atoms with Crippen molar-refractivity contribution in [3.63, 3.8) is 0 Å². The largest absolute Gasteiger partial charge is 0.480 e. The number of anilines is 1. The molecule has 2 aromatic rings. The molecule has 8 nitrogen and oxygen atoms in total. The van der Waals surface area contributed by atoms with Crippen molar-refractivity contribution in [2.45, 2.75) is 50.2 Å². The smallest absolute Gasteiger partial charge is 0.326 e. The summed E-state index contributed by atoms with van der Waals surface area (Å²) in [5.74, 6) is -1.48. The van der Waals surface area contributed by atoms with E-state index in [1.54, 1.807) is 12.1 Å². The molecule has 1 aliphatic carbocycles. The number of carboxylic acids is 1. The van der Waals surface area contributed by atoms with E-state index in [-0.39, 0.29) is 34.4 Å². The summed E-state index contributed by atoms with van der Waals surface area (Å²) in [6.07, 6.45) is 9.28. The second-order valence-electron chi connectivity index (χ2n) is 8.02. The molecule has 1 spiro atoms. The molecule has 1 amide bonds. The van der Waals surface area contributed by atoms with E-state index in [4.69, 9.17) is 27.9 Å². The van der Waals surface area contributed by atoms with Crippen molar-refractivity contribution in [3.8, 4) is 0 Å². The number of hydrogen-bond donors (Lipinski definition) is 3. The number of halogens is 4. The maximum atomic E-state index is 12.5. The third kappa shape index (κ3) is 5.59. The third-order valence-corrected chi connectivity index (χ3v) is 6.92. The van der Waals surface area contributed by atoms with E-state index in [9.17, 15) is 14.7 Å². The van der Waals surface area contributed by atoms with Crippen molar-refractivity contribution >= 4 is 69.1 Å². The summed E-state index contributed by atoms with van der Waals surface area (Å²) in [6.45, 7) is 0. The van der Waals surface area contributed by atoms with Gasteiger partial charge in [0.15, 0.2) is 10.3 Å². The van der Waals surface area contributed by atoms with E-state index < -0.39 is 23.5 Å². The van der Waals surface area contributed by atoms with Crippen LogP contribution in [0.3, 0.4) is 0 Å². The minimum Gasteiger partial charge on any atom is -0.480 e. The van der Waals surface area contributed by atoms with Crippen LogP contribution < -0.4 is 10.6 Å². The Bertz CT molecular complexity index is 1090. The van der Waals surface area contributed by atoms with Gasteiger partial charge in [0, 0.05) is 24.5 Å². The van der Waals surface area contributed by atoms with Gasteiger partial charge in [0.2, 0.25) is 0 Å². The SMILES string of the molecule is Cl.O=C(Nc1ccc(CC(NC2=C(Br)OC23CCCCC3)C(=O)O)nc1)c1c(Cl)cncc1Cl. The van der Waals surface area contributed by atoms with Crippen molar-refractivity contribution in [2.75, 3.05) is 5.32 Å². The number of carboxylic acid groups (broad SMARTS) is 1. The fraction of sp³-hybridized carbons (Fsp3) is 0.364. The maximum Gasteiger partial charge on any atom is 0.326 e. The van der Waals surface area contributed by atoms with Gasteiger partial charge in [-0.3, -0.25) is 14.8 Å². The van der Waals surface area contributed by atoms with Crippen LogP contribution in [0.5, 0.6) is 0 Å². The van der Waals surface area contributed by atoms with Gasteiger partial charge in [-0.25, -0.2) is 4.79 Å². The number of ether oxygens (including phenoxy) is 1.